The average Bonchev–Trinajstić information content (AvgIpc) is 3.14. The minimum absolute atomic E-state index is 0.0408. The number of rotatable bonds is 2. The number of hydrogen-bond donors (Lipinski definition) is 0. The lowest BCUT2D eigenvalue weighted by Gasteiger charge is -2.22. The SMILES string of the molecule is CC1CSc2nc(-c3ccc(C4(C)CC4(F)F)nc3)c(C#N)c(=O)n2C1. The van der Waals surface area contributed by atoms with E-state index >= 15 is 0 Å². The Balaban J connectivity index is 1.78. The number of aromatic nitrogens is 3. The second kappa shape index (κ2) is 5.61. The van der Waals surface area contributed by atoms with Crippen LogP contribution in [-0.2, 0) is 12.0 Å². The van der Waals surface area contributed by atoms with Crippen LogP contribution in [0.3, 0.4) is 0 Å². The van der Waals surface area contributed by atoms with Gasteiger partial charge in [-0.2, -0.15) is 5.26 Å². The van der Waals surface area contributed by atoms with E-state index in [0.29, 0.717) is 28.9 Å². The van der Waals surface area contributed by atoms with Gasteiger partial charge in [-0.1, -0.05) is 18.7 Å². The molecule has 2 aromatic rings. The van der Waals surface area contributed by atoms with Gasteiger partial charge in [-0.05, 0) is 25.0 Å². The highest BCUT2D eigenvalue weighted by atomic mass is 32.2. The minimum Gasteiger partial charge on any atom is -0.286 e. The molecule has 2 atom stereocenters. The fourth-order valence-electron chi connectivity index (χ4n) is 3.24. The van der Waals surface area contributed by atoms with Crippen LogP contribution >= 0.6 is 11.8 Å². The molecular formula is C18H16F2N4OS. The topological polar surface area (TPSA) is 71.6 Å². The number of nitrogens with zero attached hydrogens (tertiary/aromatic N) is 4. The van der Waals surface area contributed by atoms with Crippen LogP contribution < -0.4 is 5.56 Å². The van der Waals surface area contributed by atoms with Gasteiger partial charge >= 0.3 is 0 Å². The van der Waals surface area contributed by atoms with Gasteiger partial charge in [0, 0.05) is 30.5 Å². The Morgan fingerprint density at radius 1 is 1.42 bits per heavy atom. The zero-order valence-electron chi connectivity index (χ0n) is 14.3. The van der Waals surface area contributed by atoms with E-state index in [0.717, 1.165) is 5.75 Å². The summed E-state index contributed by atoms with van der Waals surface area (Å²) in [4.78, 5) is 21.3. The number of alkyl halides is 2. The van der Waals surface area contributed by atoms with Gasteiger partial charge in [0.15, 0.2) is 5.16 Å². The summed E-state index contributed by atoms with van der Waals surface area (Å²) in [6.07, 6.45) is 1.20. The Morgan fingerprint density at radius 3 is 2.73 bits per heavy atom. The standard InChI is InChI=1S/C18H16F2N4OS/c1-10-7-24-15(25)12(5-21)14(23-16(24)26-8-10)11-3-4-13(22-6-11)17(2)9-18(17,19)20/h3-4,6,10H,7-9H2,1-2H3. The molecule has 2 aliphatic rings. The Morgan fingerprint density at radius 2 is 2.15 bits per heavy atom. The van der Waals surface area contributed by atoms with E-state index in [2.05, 4.69) is 9.97 Å². The van der Waals surface area contributed by atoms with Gasteiger partial charge in [-0.15, -0.1) is 0 Å². The number of pyridine rings is 1. The van der Waals surface area contributed by atoms with Crippen LogP contribution in [-0.4, -0.2) is 26.2 Å². The highest BCUT2D eigenvalue weighted by molar-refractivity contribution is 7.99. The molecule has 4 rings (SSSR count). The van der Waals surface area contributed by atoms with Crippen LogP contribution in [0.1, 0.15) is 31.5 Å². The van der Waals surface area contributed by atoms with E-state index in [1.807, 2.05) is 13.0 Å². The first kappa shape index (κ1) is 17.2. The molecule has 26 heavy (non-hydrogen) atoms. The second-order valence-corrected chi connectivity index (χ2v) is 8.19. The quantitative estimate of drug-likeness (QED) is 0.755. The van der Waals surface area contributed by atoms with Crippen molar-refractivity contribution in [2.45, 2.75) is 43.3 Å². The maximum absolute atomic E-state index is 13.5. The molecule has 0 aromatic carbocycles. The van der Waals surface area contributed by atoms with Crippen molar-refractivity contribution in [3.8, 4) is 17.3 Å². The Hall–Kier alpha value is -2.27. The summed E-state index contributed by atoms with van der Waals surface area (Å²) in [5, 5.41) is 10.0. The first-order valence-corrected chi connectivity index (χ1v) is 9.28. The molecule has 134 valence electrons. The molecule has 0 amide bonds. The first-order chi connectivity index (χ1) is 12.3. The highest BCUT2D eigenvalue weighted by Crippen LogP contribution is 2.60. The van der Waals surface area contributed by atoms with Gasteiger partial charge in [-0.25, -0.2) is 13.8 Å². The van der Waals surface area contributed by atoms with Crippen molar-refractivity contribution >= 4 is 11.8 Å². The lowest BCUT2D eigenvalue weighted by Crippen LogP contribution is -2.32. The molecule has 1 aliphatic heterocycles. The van der Waals surface area contributed by atoms with Crippen LogP contribution in [0.4, 0.5) is 8.78 Å². The summed E-state index contributed by atoms with van der Waals surface area (Å²) in [7, 11) is 0. The maximum atomic E-state index is 13.5. The Bertz CT molecular complexity index is 996. The molecule has 2 unspecified atom stereocenters. The van der Waals surface area contributed by atoms with E-state index in [1.165, 1.54) is 35.5 Å². The van der Waals surface area contributed by atoms with Gasteiger partial charge in [0.1, 0.15) is 11.6 Å². The van der Waals surface area contributed by atoms with Crippen LogP contribution in [0.2, 0.25) is 0 Å². The molecule has 2 aromatic heterocycles. The van der Waals surface area contributed by atoms with Gasteiger partial charge in [0.2, 0.25) is 0 Å². The molecule has 5 nitrogen and oxygen atoms in total. The van der Waals surface area contributed by atoms with Gasteiger partial charge in [0.05, 0.1) is 16.8 Å². The van der Waals surface area contributed by atoms with Gasteiger partial charge < -0.3 is 0 Å². The molecule has 1 aliphatic carbocycles. The number of nitriles is 1. The van der Waals surface area contributed by atoms with E-state index in [9.17, 15) is 18.8 Å². The predicted molar refractivity (Wildman–Crippen MR) is 93.2 cm³/mol. The van der Waals surface area contributed by atoms with E-state index in [4.69, 9.17) is 0 Å². The number of hydrogen-bond acceptors (Lipinski definition) is 5. The van der Waals surface area contributed by atoms with Gasteiger partial charge in [0.25, 0.3) is 11.5 Å². The smallest absolute Gasteiger partial charge is 0.272 e. The minimum atomic E-state index is -2.74. The number of thioether (sulfide) groups is 1. The third-order valence-electron chi connectivity index (χ3n) is 5.10. The monoisotopic (exact) mass is 374 g/mol. The molecule has 1 fully saturated rings. The Labute approximate surface area is 153 Å². The predicted octanol–water partition coefficient (Wildman–Crippen LogP) is 3.22. The largest absolute Gasteiger partial charge is 0.286 e. The molecule has 1 saturated carbocycles. The van der Waals surface area contributed by atoms with Crippen LogP contribution in [0.15, 0.2) is 28.3 Å². The summed E-state index contributed by atoms with van der Waals surface area (Å²) in [6, 6.07) is 5.09. The fraction of sp³-hybridized carbons (Fsp3) is 0.444. The fourth-order valence-corrected chi connectivity index (χ4v) is 4.24. The zero-order valence-corrected chi connectivity index (χ0v) is 15.1. The van der Waals surface area contributed by atoms with Crippen molar-refractivity contribution in [2.75, 3.05) is 5.75 Å². The van der Waals surface area contributed by atoms with Crippen molar-refractivity contribution < 1.29 is 8.78 Å². The maximum Gasteiger partial charge on any atom is 0.272 e. The molecule has 8 heteroatoms. The first-order valence-electron chi connectivity index (χ1n) is 8.29. The van der Waals surface area contributed by atoms with Crippen molar-refractivity contribution in [1.29, 1.82) is 5.26 Å². The second-order valence-electron chi connectivity index (χ2n) is 7.21. The average molecular weight is 374 g/mol. The summed E-state index contributed by atoms with van der Waals surface area (Å²) >= 11 is 1.48. The molecule has 0 radical (unpaired) electrons. The van der Waals surface area contributed by atoms with Crippen LogP contribution in [0, 0.1) is 17.2 Å². The van der Waals surface area contributed by atoms with Crippen molar-refractivity contribution in [3.05, 3.63) is 39.9 Å². The molecule has 3 heterocycles. The van der Waals surface area contributed by atoms with E-state index < -0.39 is 11.3 Å². The van der Waals surface area contributed by atoms with Crippen LogP contribution in [0.5, 0.6) is 0 Å². The third kappa shape index (κ3) is 2.45. The summed E-state index contributed by atoms with van der Waals surface area (Å²) < 4.78 is 28.6. The molecule has 0 N–H and O–H groups in total. The van der Waals surface area contributed by atoms with Crippen molar-refractivity contribution in [2.24, 2.45) is 5.92 Å². The molecule has 0 spiro atoms. The lowest BCUT2D eigenvalue weighted by atomic mass is 10.0. The van der Waals surface area contributed by atoms with Gasteiger partial charge in [-0.3, -0.25) is 14.3 Å². The van der Waals surface area contributed by atoms with Crippen molar-refractivity contribution in [3.63, 3.8) is 0 Å². The highest BCUT2D eigenvalue weighted by Gasteiger charge is 2.69. The zero-order chi connectivity index (χ0) is 18.7. The van der Waals surface area contributed by atoms with E-state index in [-0.39, 0.29) is 23.2 Å². The summed E-state index contributed by atoms with van der Waals surface area (Å²) in [5.41, 5.74) is -0.589. The number of halogens is 2. The third-order valence-corrected chi connectivity index (χ3v) is 6.40. The normalized spacial score (nSPS) is 26.0. The van der Waals surface area contributed by atoms with Crippen molar-refractivity contribution in [1.82, 2.24) is 14.5 Å². The van der Waals surface area contributed by atoms with E-state index in [1.54, 1.807) is 6.07 Å². The summed E-state index contributed by atoms with van der Waals surface area (Å²) in [5.74, 6) is -1.57. The van der Waals surface area contributed by atoms with Crippen LogP contribution in [0.25, 0.3) is 11.3 Å². The number of fused-ring (bicyclic) bond motifs is 1. The Kier molecular flexibility index (Phi) is 3.70. The molecule has 0 bridgehead atoms. The molecule has 0 saturated heterocycles. The summed E-state index contributed by atoms with van der Waals surface area (Å²) in [6.45, 7) is 4.06. The lowest BCUT2D eigenvalue weighted by molar-refractivity contribution is 0.0910. The molecular weight excluding hydrogens is 358 g/mol.